The number of methoxy groups -OCH3 is 1. The highest BCUT2D eigenvalue weighted by Crippen LogP contribution is 2.18. The van der Waals surface area contributed by atoms with Crippen molar-refractivity contribution in [1.29, 1.82) is 0 Å². The number of Topliss-reactive ketones (excluding diaryl/α,β-unsaturated/α-hetero) is 1. The van der Waals surface area contributed by atoms with Crippen LogP contribution in [0.15, 0.2) is 18.2 Å². The van der Waals surface area contributed by atoms with Crippen LogP contribution in [0.3, 0.4) is 0 Å². The molecule has 0 N–H and O–H groups in total. The van der Waals surface area contributed by atoms with Gasteiger partial charge in [-0.05, 0) is 25.2 Å². The number of benzene rings is 1. The van der Waals surface area contributed by atoms with E-state index in [-0.39, 0.29) is 17.9 Å². The normalized spacial score (nSPS) is 11.1. The number of hydrogen-bond donors (Lipinski definition) is 0. The highest BCUT2D eigenvalue weighted by molar-refractivity contribution is 5.97. The summed E-state index contributed by atoms with van der Waals surface area (Å²) >= 11 is 0. The van der Waals surface area contributed by atoms with Crippen LogP contribution in [0.5, 0.6) is 5.75 Å². The van der Waals surface area contributed by atoms with E-state index in [1.54, 1.807) is 0 Å². The molecule has 1 rings (SSSR count). The Hall–Kier alpha value is -1.56. The molecule has 0 heterocycles. The van der Waals surface area contributed by atoms with Crippen molar-refractivity contribution in [3.63, 3.8) is 0 Å². The predicted octanol–water partition coefficient (Wildman–Crippen LogP) is 2.21. The van der Waals surface area contributed by atoms with E-state index in [2.05, 4.69) is 0 Å². The van der Waals surface area contributed by atoms with Gasteiger partial charge in [0.15, 0.2) is 17.3 Å². The Kier molecular flexibility index (Phi) is 5.15. The number of ketones is 1. The SMILES string of the molecule is COc1ccc(C(=O)CN(C)CC(F)F)cc1F. The maximum absolute atomic E-state index is 13.3. The van der Waals surface area contributed by atoms with Gasteiger partial charge in [0, 0.05) is 5.56 Å². The van der Waals surface area contributed by atoms with Crippen LogP contribution in [0.1, 0.15) is 10.4 Å². The zero-order valence-corrected chi connectivity index (χ0v) is 10.1. The van der Waals surface area contributed by atoms with Gasteiger partial charge in [0.2, 0.25) is 0 Å². The van der Waals surface area contributed by atoms with Crippen LogP contribution in [0.2, 0.25) is 0 Å². The number of rotatable bonds is 6. The van der Waals surface area contributed by atoms with Gasteiger partial charge in [-0.2, -0.15) is 0 Å². The van der Waals surface area contributed by atoms with Crippen LogP contribution < -0.4 is 4.74 Å². The van der Waals surface area contributed by atoms with Crippen molar-refractivity contribution in [3.05, 3.63) is 29.6 Å². The Morgan fingerprint density at radius 2 is 2.11 bits per heavy atom. The minimum atomic E-state index is -2.50. The number of alkyl halides is 2. The van der Waals surface area contributed by atoms with Crippen molar-refractivity contribution in [2.75, 3.05) is 27.2 Å². The number of likely N-dealkylation sites (N-methyl/N-ethyl adjacent to an activating group) is 1. The topological polar surface area (TPSA) is 29.5 Å². The van der Waals surface area contributed by atoms with E-state index >= 15 is 0 Å². The molecule has 0 saturated carbocycles. The molecule has 0 amide bonds. The highest BCUT2D eigenvalue weighted by Gasteiger charge is 2.14. The van der Waals surface area contributed by atoms with Crippen molar-refractivity contribution in [2.45, 2.75) is 6.43 Å². The van der Waals surface area contributed by atoms with E-state index in [0.29, 0.717) is 0 Å². The summed E-state index contributed by atoms with van der Waals surface area (Å²) < 4.78 is 42.2. The van der Waals surface area contributed by atoms with Crippen molar-refractivity contribution in [2.24, 2.45) is 0 Å². The second-order valence-electron chi connectivity index (χ2n) is 3.86. The first-order chi connectivity index (χ1) is 8.43. The molecule has 100 valence electrons. The second-order valence-corrected chi connectivity index (χ2v) is 3.86. The smallest absolute Gasteiger partial charge is 0.251 e. The lowest BCUT2D eigenvalue weighted by Gasteiger charge is -2.15. The number of carbonyl (C=O) groups excluding carboxylic acids is 1. The number of hydrogen-bond acceptors (Lipinski definition) is 3. The lowest BCUT2D eigenvalue weighted by atomic mass is 10.1. The minimum Gasteiger partial charge on any atom is -0.494 e. The van der Waals surface area contributed by atoms with Crippen LogP contribution in [0.25, 0.3) is 0 Å². The second kappa shape index (κ2) is 6.39. The van der Waals surface area contributed by atoms with Gasteiger partial charge < -0.3 is 4.74 Å². The Bertz CT molecular complexity index is 424. The summed E-state index contributed by atoms with van der Waals surface area (Å²) in [4.78, 5) is 12.9. The molecule has 1 aromatic carbocycles. The van der Waals surface area contributed by atoms with Gasteiger partial charge in [-0.15, -0.1) is 0 Å². The maximum Gasteiger partial charge on any atom is 0.251 e. The van der Waals surface area contributed by atoms with Crippen molar-refractivity contribution in [3.8, 4) is 5.75 Å². The first-order valence-corrected chi connectivity index (χ1v) is 5.27. The first kappa shape index (κ1) is 14.5. The van der Waals surface area contributed by atoms with Crippen molar-refractivity contribution in [1.82, 2.24) is 4.90 Å². The van der Waals surface area contributed by atoms with Crippen LogP contribution in [0.4, 0.5) is 13.2 Å². The Morgan fingerprint density at radius 1 is 1.44 bits per heavy atom. The summed E-state index contributed by atoms with van der Waals surface area (Å²) in [6.45, 7) is -0.680. The van der Waals surface area contributed by atoms with E-state index in [9.17, 15) is 18.0 Å². The summed E-state index contributed by atoms with van der Waals surface area (Å²) in [5, 5.41) is 0. The molecule has 0 unspecified atom stereocenters. The molecule has 0 saturated heterocycles. The predicted molar refractivity (Wildman–Crippen MR) is 60.8 cm³/mol. The molecule has 6 heteroatoms. The molecule has 0 bridgehead atoms. The Morgan fingerprint density at radius 3 is 2.61 bits per heavy atom. The molecule has 0 spiro atoms. The van der Waals surface area contributed by atoms with Crippen LogP contribution in [-0.4, -0.2) is 44.4 Å². The molecular weight excluding hydrogens is 247 g/mol. The Labute approximate surface area is 103 Å². The summed E-state index contributed by atoms with van der Waals surface area (Å²) in [6.07, 6.45) is -2.50. The van der Waals surface area contributed by atoms with E-state index in [1.165, 1.54) is 31.2 Å². The quantitative estimate of drug-likeness (QED) is 0.735. The fourth-order valence-corrected chi connectivity index (χ4v) is 1.48. The molecule has 0 radical (unpaired) electrons. The van der Waals surface area contributed by atoms with Gasteiger partial charge in [0.25, 0.3) is 6.43 Å². The largest absolute Gasteiger partial charge is 0.494 e. The van der Waals surface area contributed by atoms with Gasteiger partial charge in [-0.25, -0.2) is 13.2 Å². The van der Waals surface area contributed by atoms with Crippen LogP contribution in [-0.2, 0) is 0 Å². The molecule has 0 aliphatic carbocycles. The van der Waals surface area contributed by atoms with Crippen molar-refractivity contribution < 1.29 is 22.7 Å². The number of ether oxygens (including phenoxy) is 1. The average Bonchev–Trinajstić information content (AvgIpc) is 2.27. The standard InChI is InChI=1S/C12H14F3NO2/c1-16(7-12(14)15)6-10(17)8-3-4-11(18-2)9(13)5-8/h3-5,12H,6-7H2,1-2H3. The molecule has 0 fully saturated rings. The monoisotopic (exact) mass is 261 g/mol. The van der Waals surface area contributed by atoms with Gasteiger partial charge in [0.05, 0.1) is 20.2 Å². The van der Waals surface area contributed by atoms with Gasteiger partial charge in [-0.3, -0.25) is 9.69 Å². The minimum absolute atomic E-state index is 0.0347. The fourth-order valence-electron chi connectivity index (χ4n) is 1.48. The summed E-state index contributed by atoms with van der Waals surface area (Å²) in [6, 6.07) is 3.77. The summed E-state index contributed by atoms with van der Waals surface area (Å²) in [5.74, 6) is -1.04. The van der Waals surface area contributed by atoms with Crippen LogP contribution in [0, 0.1) is 5.82 Å². The highest BCUT2D eigenvalue weighted by atomic mass is 19.3. The fraction of sp³-hybridized carbons (Fsp3) is 0.417. The first-order valence-electron chi connectivity index (χ1n) is 5.27. The van der Waals surface area contributed by atoms with Crippen LogP contribution >= 0.6 is 0 Å². The Balaban J connectivity index is 2.70. The molecule has 0 aliphatic rings. The number of nitrogens with zero attached hydrogens (tertiary/aromatic N) is 1. The molecular formula is C12H14F3NO2. The average molecular weight is 261 g/mol. The van der Waals surface area contributed by atoms with Gasteiger partial charge >= 0.3 is 0 Å². The number of halogens is 3. The summed E-state index contributed by atoms with van der Waals surface area (Å²) in [5.41, 5.74) is 0.134. The zero-order chi connectivity index (χ0) is 13.7. The lowest BCUT2D eigenvalue weighted by molar-refractivity contribution is 0.0819. The third-order valence-corrected chi connectivity index (χ3v) is 2.34. The third-order valence-electron chi connectivity index (χ3n) is 2.34. The van der Waals surface area contributed by atoms with E-state index < -0.39 is 24.6 Å². The number of carbonyl (C=O) groups is 1. The molecule has 1 aromatic rings. The van der Waals surface area contributed by atoms with E-state index in [4.69, 9.17) is 4.74 Å². The molecule has 0 aromatic heterocycles. The van der Waals surface area contributed by atoms with Crippen molar-refractivity contribution >= 4 is 5.78 Å². The summed E-state index contributed by atoms with van der Waals surface area (Å²) in [7, 11) is 2.72. The van der Waals surface area contributed by atoms with E-state index in [1.807, 2.05) is 0 Å². The molecule has 0 atom stereocenters. The van der Waals surface area contributed by atoms with Gasteiger partial charge in [0.1, 0.15) is 0 Å². The van der Waals surface area contributed by atoms with E-state index in [0.717, 1.165) is 6.07 Å². The zero-order valence-electron chi connectivity index (χ0n) is 10.1. The molecule has 3 nitrogen and oxygen atoms in total. The molecule has 18 heavy (non-hydrogen) atoms. The maximum atomic E-state index is 13.3. The third kappa shape index (κ3) is 4.03. The lowest BCUT2D eigenvalue weighted by Crippen LogP contribution is -2.30. The molecule has 0 aliphatic heterocycles. The van der Waals surface area contributed by atoms with Gasteiger partial charge in [-0.1, -0.05) is 0 Å².